The van der Waals surface area contributed by atoms with Gasteiger partial charge in [-0.25, -0.2) is 0 Å². The molecule has 0 aliphatic carbocycles. The molecule has 1 unspecified atom stereocenters. The van der Waals surface area contributed by atoms with Crippen LogP contribution in [-0.4, -0.2) is 29.8 Å². The molecule has 1 aromatic heterocycles. The Labute approximate surface area is 126 Å². The lowest BCUT2D eigenvalue weighted by Gasteiger charge is -2.25. The van der Waals surface area contributed by atoms with Crippen molar-refractivity contribution in [3.63, 3.8) is 0 Å². The molecule has 1 aromatic rings. The summed E-state index contributed by atoms with van der Waals surface area (Å²) in [5, 5.41) is 4.02. The van der Waals surface area contributed by atoms with E-state index in [1.165, 1.54) is 0 Å². The second-order valence-electron chi connectivity index (χ2n) is 5.22. The Morgan fingerprint density at radius 3 is 2.24 bits per heavy atom. The van der Waals surface area contributed by atoms with Crippen molar-refractivity contribution in [2.24, 2.45) is 0 Å². The molecule has 0 aliphatic heterocycles. The van der Waals surface area contributed by atoms with E-state index < -0.39 is 11.0 Å². The third-order valence-corrected chi connectivity index (χ3v) is 4.31. The minimum Gasteiger partial charge on any atom is -0.465 e. The lowest BCUT2D eigenvalue weighted by Crippen LogP contribution is -2.37. The maximum Gasteiger partial charge on any atom is 0.321 e. The van der Waals surface area contributed by atoms with Crippen LogP contribution in [0.1, 0.15) is 65.6 Å². The first-order valence-electron chi connectivity index (χ1n) is 7.51. The molecule has 0 aromatic carbocycles. The number of hydrogen-bond acceptors (Lipinski definition) is 6. The summed E-state index contributed by atoms with van der Waals surface area (Å²) in [5.41, 5.74) is -1.51. The van der Waals surface area contributed by atoms with Crippen molar-refractivity contribution < 1.29 is 18.8 Å². The van der Waals surface area contributed by atoms with Crippen molar-refractivity contribution in [3.8, 4) is 0 Å². The van der Waals surface area contributed by atoms with Crippen molar-refractivity contribution >= 4 is 5.97 Å². The fourth-order valence-corrected chi connectivity index (χ4v) is 2.22. The first kappa shape index (κ1) is 17.6. The van der Waals surface area contributed by atoms with Gasteiger partial charge >= 0.3 is 5.97 Å². The van der Waals surface area contributed by atoms with Crippen LogP contribution in [0.15, 0.2) is 4.52 Å². The molecule has 0 aliphatic rings. The fourth-order valence-electron chi connectivity index (χ4n) is 2.22. The van der Waals surface area contributed by atoms with E-state index in [1.807, 2.05) is 27.7 Å². The predicted octanol–water partition coefficient (Wildman–Crippen LogP) is 2.96. The average molecular weight is 298 g/mol. The van der Waals surface area contributed by atoms with Gasteiger partial charge in [0.15, 0.2) is 0 Å². The molecule has 0 radical (unpaired) electrons. The third-order valence-electron chi connectivity index (χ3n) is 4.31. The highest BCUT2D eigenvalue weighted by molar-refractivity contribution is 5.81. The molecule has 0 N–H and O–H groups in total. The molecule has 6 nitrogen and oxygen atoms in total. The zero-order valence-electron chi connectivity index (χ0n) is 13.9. The van der Waals surface area contributed by atoms with E-state index in [0.29, 0.717) is 37.6 Å². The second-order valence-corrected chi connectivity index (χ2v) is 5.22. The first-order valence-corrected chi connectivity index (χ1v) is 7.51. The van der Waals surface area contributed by atoms with E-state index in [4.69, 9.17) is 14.0 Å². The molecule has 0 amide bonds. The second kappa shape index (κ2) is 7.02. The van der Waals surface area contributed by atoms with Gasteiger partial charge in [-0.1, -0.05) is 25.9 Å². The van der Waals surface area contributed by atoms with E-state index in [1.54, 1.807) is 14.0 Å². The van der Waals surface area contributed by atoms with Crippen LogP contribution in [0.5, 0.6) is 0 Å². The summed E-state index contributed by atoms with van der Waals surface area (Å²) in [4.78, 5) is 16.8. The predicted molar refractivity (Wildman–Crippen MR) is 77.8 cm³/mol. The monoisotopic (exact) mass is 298 g/mol. The number of hydrogen-bond donors (Lipinski definition) is 0. The number of ether oxygens (including phenoxy) is 2. The lowest BCUT2D eigenvalue weighted by molar-refractivity contribution is -0.151. The number of aromatic nitrogens is 2. The quantitative estimate of drug-likeness (QED) is 0.687. The molecule has 0 saturated heterocycles. The SMILES string of the molecule is CCOC(=O)C(CC)(CC)c1nc(C(C)(CC)OC)no1. The summed E-state index contributed by atoms with van der Waals surface area (Å²) in [6, 6.07) is 0. The normalized spacial score (nSPS) is 14.8. The zero-order valence-corrected chi connectivity index (χ0v) is 13.9. The minimum atomic E-state index is -0.885. The van der Waals surface area contributed by atoms with Crippen LogP contribution in [0.25, 0.3) is 0 Å². The van der Waals surface area contributed by atoms with Crippen LogP contribution >= 0.6 is 0 Å². The molecule has 0 fully saturated rings. The Balaban J connectivity index is 3.23. The molecule has 6 heteroatoms. The Kier molecular flexibility index (Phi) is 5.89. The first-order chi connectivity index (χ1) is 9.93. The third kappa shape index (κ3) is 3.10. The van der Waals surface area contributed by atoms with Crippen LogP contribution in [0.3, 0.4) is 0 Å². The molecule has 1 rings (SSSR count). The van der Waals surface area contributed by atoms with Gasteiger partial charge in [0, 0.05) is 7.11 Å². The number of nitrogens with zero attached hydrogens (tertiary/aromatic N) is 2. The lowest BCUT2D eigenvalue weighted by atomic mass is 9.82. The van der Waals surface area contributed by atoms with Crippen LogP contribution in [0.2, 0.25) is 0 Å². The minimum absolute atomic E-state index is 0.303. The Morgan fingerprint density at radius 2 is 1.81 bits per heavy atom. The van der Waals surface area contributed by atoms with E-state index in [-0.39, 0.29) is 5.97 Å². The van der Waals surface area contributed by atoms with Gasteiger partial charge in [-0.3, -0.25) is 4.79 Å². The number of carbonyl (C=O) groups excluding carboxylic acids is 1. The highest BCUT2D eigenvalue weighted by Crippen LogP contribution is 2.34. The average Bonchev–Trinajstić information content (AvgIpc) is 2.99. The summed E-state index contributed by atoms with van der Waals surface area (Å²) in [6.07, 6.45) is 1.78. The molecule has 0 spiro atoms. The highest BCUT2D eigenvalue weighted by atomic mass is 16.5. The van der Waals surface area contributed by atoms with Crippen molar-refractivity contribution in [3.05, 3.63) is 11.7 Å². The summed E-state index contributed by atoms with van der Waals surface area (Å²) in [5.74, 6) is 0.441. The number of methoxy groups -OCH3 is 1. The Hall–Kier alpha value is -1.43. The van der Waals surface area contributed by atoms with E-state index in [9.17, 15) is 4.79 Å². The van der Waals surface area contributed by atoms with Crippen molar-refractivity contribution in [2.45, 2.75) is 64.9 Å². The van der Waals surface area contributed by atoms with Crippen molar-refractivity contribution in [2.75, 3.05) is 13.7 Å². The van der Waals surface area contributed by atoms with E-state index >= 15 is 0 Å². The van der Waals surface area contributed by atoms with Crippen LogP contribution in [0.4, 0.5) is 0 Å². The van der Waals surface area contributed by atoms with E-state index in [0.717, 1.165) is 0 Å². The number of esters is 1. The van der Waals surface area contributed by atoms with Gasteiger partial charge < -0.3 is 14.0 Å². The van der Waals surface area contributed by atoms with Gasteiger partial charge in [-0.15, -0.1) is 0 Å². The number of rotatable bonds is 8. The zero-order chi connectivity index (χ0) is 16.1. The topological polar surface area (TPSA) is 74.5 Å². The largest absolute Gasteiger partial charge is 0.465 e. The maximum absolute atomic E-state index is 12.3. The van der Waals surface area contributed by atoms with Crippen LogP contribution in [-0.2, 0) is 25.3 Å². The van der Waals surface area contributed by atoms with Gasteiger partial charge in [-0.2, -0.15) is 4.98 Å². The molecule has 0 saturated carbocycles. The molecular weight excluding hydrogens is 272 g/mol. The Bertz CT molecular complexity index is 462. The molecule has 1 heterocycles. The van der Waals surface area contributed by atoms with Gasteiger partial charge in [0.2, 0.25) is 11.7 Å². The molecule has 21 heavy (non-hydrogen) atoms. The van der Waals surface area contributed by atoms with Gasteiger partial charge in [0.05, 0.1) is 6.61 Å². The fraction of sp³-hybridized carbons (Fsp3) is 0.800. The standard InChI is InChI=1S/C15H26N2O4/c1-7-14(5,19-6)11-16-12(21-17-11)15(8-2,9-3)13(18)20-10-4/h7-10H2,1-6H3. The van der Waals surface area contributed by atoms with Crippen molar-refractivity contribution in [1.82, 2.24) is 10.1 Å². The number of carbonyl (C=O) groups is 1. The Morgan fingerprint density at radius 1 is 1.19 bits per heavy atom. The summed E-state index contributed by atoms with van der Waals surface area (Å²) >= 11 is 0. The van der Waals surface area contributed by atoms with Gasteiger partial charge in [0.25, 0.3) is 0 Å². The summed E-state index contributed by atoms with van der Waals surface area (Å²) < 4.78 is 16.1. The maximum atomic E-state index is 12.3. The molecule has 1 atom stereocenters. The van der Waals surface area contributed by atoms with Gasteiger partial charge in [0.1, 0.15) is 11.0 Å². The molecule has 0 bridgehead atoms. The molecular formula is C15H26N2O4. The highest BCUT2D eigenvalue weighted by Gasteiger charge is 2.45. The smallest absolute Gasteiger partial charge is 0.321 e. The summed E-state index contributed by atoms with van der Waals surface area (Å²) in [6.45, 7) is 9.82. The van der Waals surface area contributed by atoms with Crippen LogP contribution < -0.4 is 0 Å². The van der Waals surface area contributed by atoms with Crippen LogP contribution in [0, 0.1) is 0 Å². The molecule has 120 valence electrons. The summed E-state index contributed by atoms with van der Waals surface area (Å²) in [7, 11) is 1.61. The van der Waals surface area contributed by atoms with Crippen molar-refractivity contribution in [1.29, 1.82) is 0 Å². The van der Waals surface area contributed by atoms with E-state index in [2.05, 4.69) is 10.1 Å². The van der Waals surface area contributed by atoms with Gasteiger partial charge in [-0.05, 0) is 33.1 Å².